The number of halogens is 1. The molecular formula is C13H14FN3O2S. The molecule has 2 N–H and O–H groups in total. The van der Waals surface area contributed by atoms with Gasteiger partial charge in [-0.05, 0) is 18.2 Å². The van der Waals surface area contributed by atoms with Crippen LogP contribution in [0.15, 0.2) is 33.7 Å². The van der Waals surface area contributed by atoms with Crippen LogP contribution in [0.25, 0.3) is 0 Å². The van der Waals surface area contributed by atoms with E-state index in [4.69, 9.17) is 15.0 Å². The van der Waals surface area contributed by atoms with Crippen LogP contribution in [0.1, 0.15) is 17.6 Å². The first-order valence-corrected chi connectivity index (χ1v) is 7.25. The number of benzene rings is 1. The summed E-state index contributed by atoms with van der Waals surface area (Å²) in [6.07, 6.45) is 0. The largest absolute Gasteiger partial charge is 0.379 e. The Hall–Kier alpha value is -1.44. The Morgan fingerprint density at radius 3 is 3.05 bits per heavy atom. The standard InChI is InChI=1S/C13H14FN3O2S/c14-8-2-1-3-9(4-8)20-7-12-16-13(19-17-12)10-5-18-6-11(10)15/h1-4,10-11H,5-7,15H2. The van der Waals surface area contributed by atoms with Crippen LogP contribution in [0.3, 0.4) is 0 Å². The predicted molar refractivity (Wildman–Crippen MR) is 71.8 cm³/mol. The Morgan fingerprint density at radius 2 is 2.30 bits per heavy atom. The Bertz CT molecular complexity index is 593. The maximum absolute atomic E-state index is 13.1. The van der Waals surface area contributed by atoms with Crippen LogP contribution in [0, 0.1) is 5.82 Å². The zero-order chi connectivity index (χ0) is 13.9. The normalized spacial score (nSPS) is 22.3. The molecular weight excluding hydrogens is 281 g/mol. The lowest BCUT2D eigenvalue weighted by Gasteiger charge is -2.06. The lowest BCUT2D eigenvalue weighted by Crippen LogP contribution is -2.27. The summed E-state index contributed by atoms with van der Waals surface area (Å²) in [5, 5.41) is 3.92. The molecule has 1 aromatic carbocycles. The fourth-order valence-electron chi connectivity index (χ4n) is 2.01. The molecule has 0 bridgehead atoms. The molecule has 1 fully saturated rings. The second-order valence-electron chi connectivity index (χ2n) is 4.60. The molecule has 1 aliphatic heterocycles. The van der Waals surface area contributed by atoms with Crippen molar-refractivity contribution in [3.05, 3.63) is 41.8 Å². The number of hydrogen-bond acceptors (Lipinski definition) is 6. The number of hydrogen-bond donors (Lipinski definition) is 1. The van der Waals surface area contributed by atoms with Gasteiger partial charge in [0.25, 0.3) is 0 Å². The lowest BCUT2D eigenvalue weighted by molar-refractivity contribution is 0.187. The predicted octanol–water partition coefficient (Wildman–Crippen LogP) is 1.94. The Kier molecular flexibility index (Phi) is 4.00. The van der Waals surface area contributed by atoms with E-state index in [-0.39, 0.29) is 17.8 Å². The second-order valence-corrected chi connectivity index (χ2v) is 5.65. The van der Waals surface area contributed by atoms with Gasteiger partial charge in [0.15, 0.2) is 5.82 Å². The van der Waals surface area contributed by atoms with Gasteiger partial charge in [0.2, 0.25) is 5.89 Å². The second kappa shape index (κ2) is 5.90. The van der Waals surface area contributed by atoms with E-state index < -0.39 is 0 Å². The number of nitrogens with zero attached hydrogens (tertiary/aromatic N) is 2. The summed E-state index contributed by atoms with van der Waals surface area (Å²) in [4.78, 5) is 5.16. The average Bonchev–Trinajstić information content (AvgIpc) is 3.05. The highest BCUT2D eigenvalue weighted by atomic mass is 32.2. The molecule has 5 nitrogen and oxygen atoms in total. The third-order valence-corrected chi connectivity index (χ3v) is 4.08. The molecule has 0 aliphatic carbocycles. The van der Waals surface area contributed by atoms with Gasteiger partial charge in [0.1, 0.15) is 5.82 Å². The molecule has 2 heterocycles. The molecule has 2 atom stereocenters. The first kappa shape index (κ1) is 13.5. The van der Waals surface area contributed by atoms with Gasteiger partial charge < -0.3 is 15.0 Å². The minimum Gasteiger partial charge on any atom is -0.379 e. The van der Waals surface area contributed by atoms with Crippen molar-refractivity contribution < 1.29 is 13.7 Å². The van der Waals surface area contributed by atoms with Crippen LogP contribution >= 0.6 is 11.8 Å². The molecule has 3 rings (SSSR count). The molecule has 0 saturated carbocycles. The molecule has 0 spiro atoms. The van der Waals surface area contributed by atoms with Crippen LogP contribution in [-0.2, 0) is 10.5 Å². The maximum atomic E-state index is 13.1. The SMILES string of the molecule is NC1COCC1c1nc(CSc2cccc(F)c2)no1. The van der Waals surface area contributed by atoms with Crippen molar-refractivity contribution in [2.24, 2.45) is 5.73 Å². The molecule has 2 unspecified atom stereocenters. The van der Waals surface area contributed by atoms with Crippen molar-refractivity contribution in [1.82, 2.24) is 10.1 Å². The fourth-order valence-corrected chi connectivity index (χ4v) is 2.79. The van der Waals surface area contributed by atoms with Gasteiger partial charge in [0.05, 0.1) is 24.9 Å². The Balaban J connectivity index is 1.63. The average molecular weight is 295 g/mol. The number of nitrogens with two attached hydrogens (primary N) is 1. The van der Waals surface area contributed by atoms with Crippen LogP contribution in [0.5, 0.6) is 0 Å². The first-order valence-electron chi connectivity index (χ1n) is 6.26. The number of thioether (sulfide) groups is 1. The molecule has 20 heavy (non-hydrogen) atoms. The Morgan fingerprint density at radius 1 is 1.40 bits per heavy atom. The fraction of sp³-hybridized carbons (Fsp3) is 0.385. The van der Waals surface area contributed by atoms with E-state index in [1.54, 1.807) is 6.07 Å². The van der Waals surface area contributed by atoms with Crippen molar-refractivity contribution in [2.45, 2.75) is 22.6 Å². The summed E-state index contributed by atoms with van der Waals surface area (Å²) >= 11 is 1.46. The van der Waals surface area contributed by atoms with Gasteiger partial charge in [-0.15, -0.1) is 11.8 Å². The van der Waals surface area contributed by atoms with Crippen molar-refractivity contribution >= 4 is 11.8 Å². The summed E-state index contributed by atoms with van der Waals surface area (Å²) in [7, 11) is 0. The first-order chi connectivity index (χ1) is 9.72. The summed E-state index contributed by atoms with van der Waals surface area (Å²) in [5.74, 6) is 1.34. The molecule has 0 amide bonds. The molecule has 1 aromatic heterocycles. The summed E-state index contributed by atoms with van der Waals surface area (Å²) in [5.41, 5.74) is 5.90. The summed E-state index contributed by atoms with van der Waals surface area (Å²) < 4.78 is 23.6. The summed E-state index contributed by atoms with van der Waals surface area (Å²) in [6.45, 7) is 1.03. The highest BCUT2D eigenvalue weighted by Gasteiger charge is 2.31. The van der Waals surface area contributed by atoms with Crippen LogP contribution in [-0.4, -0.2) is 29.4 Å². The van der Waals surface area contributed by atoms with E-state index in [0.29, 0.717) is 30.7 Å². The highest BCUT2D eigenvalue weighted by Crippen LogP contribution is 2.25. The van der Waals surface area contributed by atoms with Crippen LogP contribution < -0.4 is 5.73 Å². The summed E-state index contributed by atoms with van der Waals surface area (Å²) in [6, 6.07) is 6.31. The van der Waals surface area contributed by atoms with E-state index in [9.17, 15) is 4.39 Å². The molecule has 1 saturated heterocycles. The molecule has 2 aromatic rings. The van der Waals surface area contributed by atoms with Gasteiger partial charge in [-0.2, -0.15) is 4.98 Å². The minimum absolute atomic E-state index is 0.0320. The third kappa shape index (κ3) is 3.00. The van der Waals surface area contributed by atoms with E-state index >= 15 is 0 Å². The van der Waals surface area contributed by atoms with Gasteiger partial charge in [-0.3, -0.25) is 0 Å². The monoisotopic (exact) mass is 295 g/mol. The maximum Gasteiger partial charge on any atom is 0.233 e. The number of rotatable bonds is 4. The number of aromatic nitrogens is 2. The highest BCUT2D eigenvalue weighted by molar-refractivity contribution is 7.98. The van der Waals surface area contributed by atoms with Crippen LogP contribution in [0.4, 0.5) is 4.39 Å². The van der Waals surface area contributed by atoms with Crippen molar-refractivity contribution in [2.75, 3.05) is 13.2 Å². The van der Waals surface area contributed by atoms with Gasteiger partial charge in [0, 0.05) is 10.9 Å². The number of ether oxygens (including phenoxy) is 1. The van der Waals surface area contributed by atoms with Crippen molar-refractivity contribution in [3.8, 4) is 0 Å². The molecule has 7 heteroatoms. The Labute approximate surface area is 119 Å². The minimum atomic E-state index is -0.252. The quantitative estimate of drug-likeness (QED) is 0.869. The van der Waals surface area contributed by atoms with E-state index in [1.807, 2.05) is 6.07 Å². The van der Waals surface area contributed by atoms with Crippen molar-refractivity contribution in [1.29, 1.82) is 0 Å². The zero-order valence-electron chi connectivity index (χ0n) is 10.7. The van der Waals surface area contributed by atoms with Gasteiger partial charge in [-0.1, -0.05) is 11.2 Å². The third-order valence-electron chi connectivity index (χ3n) is 3.09. The zero-order valence-corrected chi connectivity index (χ0v) is 11.5. The topological polar surface area (TPSA) is 74.2 Å². The van der Waals surface area contributed by atoms with Crippen LogP contribution in [0.2, 0.25) is 0 Å². The lowest BCUT2D eigenvalue weighted by atomic mass is 10.1. The van der Waals surface area contributed by atoms with E-state index in [0.717, 1.165) is 4.90 Å². The van der Waals surface area contributed by atoms with E-state index in [2.05, 4.69) is 10.1 Å². The molecule has 1 aliphatic rings. The molecule has 0 radical (unpaired) electrons. The van der Waals surface area contributed by atoms with Crippen molar-refractivity contribution in [3.63, 3.8) is 0 Å². The van der Waals surface area contributed by atoms with Gasteiger partial charge in [-0.25, -0.2) is 4.39 Å². The van der Waals surface area contributed by atoms with E-state index in [1.165, 1.54) is 23.9 Å². The molecule has 106 valence electrons. The van der Waals surface area contributed by atoms with Gasteiger partial charge >= 0.3 is 0 Å². The smallest absolute Gasteiger partial charge is 0.233 e.